The van der Waals surface area contributed by atoms with Crippen LogP contribution in [0.2, 0.25) is 0 Å². The topological polar surface area (TPSA) is 109 Å². The van der Waals surface area contributed by atoms with Crippen molar-refractivity contribution in [1.82, 2.24) is 15.0 Å². The Morgan fingerprint density at radius 3 is 2.44 bits per heavy atom. The summed E-state index contributed by atoms with van der Waals surface area (Å²) in [5, 5.41) is 5.90. The Morgan fingerprint density at radius 1 is 0.956 bits per heavy atom. The van der Waals surface area contributed by atoms with Crippen LogP contribution in [0.5, 0.6) is 11.6 Å². The number of pyridine rings is 2. The number of urea groups is 1. The van der Waals surface area contributed by atoms with E-state index >= 15 is 0 Å². The van der Waals surface area contributed by atoms with Gasteiger partial charge in [0.2, 0.25) is 16.7 Å². The van der Waals surface area contributed by atoms with Crippen molar-refractivity contribution in [2.75, 3.05) is 22.1 Å². The van der Waals surface area contributed by atoms with Crippen molar-refractivity contribution in [3.8, 4) is 33.2 Å². The molecule has 4 heterocycles. The normalized spacial score (nSPS) is 13.6. The van der Waals surface area contributed by atoms with Gasteiger partial charge in [0.1, 0.15) is 12.0 Å². The summed E-state index contributed by atoms with van der Waals surface area (Å²) in [5.41, 5.74) is 1.29. The molecule has 45 heavy (non-hydrogen) atoms. The molecule has 0 spiro atoms. The standard InChI is InChI=1S/C32H25F3N6O3S/c1-45-27(19-38-31(45)41-15-3-5-29(41)42)20-6-10-24(11-7-20)44-28-13-9-23(18-37-28)39-30(43)40-26-16-22(32(33,34)35)8-12-25(26)21-4-2-14-36-17-21/h2,4,6-14,16-19H,3,5,15H2,1H3,(H-,39,40,43)/p+1. The SMILES string of the molecule is C[s+]1c(-c2ccc(Oc3ccc(NC(=O)Nc4cc(C(F)(F)F)ccc4-c4cccnc4)cn3)cc2)cnc1N1CCCC1=O. The average Bonchev–Trinajstić information content (AvgIpc) is 3.62. The molecule has 228 valence electrons. The molecule has 1 atom stereocenters. The minimum atomic E-state index is -4.58. The summed E-state index contributed by atoms with van der Waals surface area (Å²) >= 11 is 0. The quantitative estimate of drug-likeness (QED) is 0.176. The number of ether oxygens (including phenoxy) is 1. The fourth-order valence-electron chi connectivity index (χ4n) is 4.91. The number of nitrogens with zero attached hydrogens (tertiary/aromatic N) is 4. The smallest absolute Gasteiger partial charge is 0.416 e. The highest BCUT2D eigenvalue weighted by molar-refractivity contribution is 7.36. The zero-order valence-corrected chi connectivity index (χ0v) is 24.7. The van der Waals surface area contributed by atoms with Crippen molar-refractivity contribution in [3.63, 3.8) is 0 Å². The lowest BCUT2D eigenvalue weighted by Crippen LogP contribution is -2.23. The van der Waals surface area contributed by atoms with Crippen LogP contribution in [0.15, 0.2) is 91.5 Å². The van der Waals surface area contributed by atoms with Gasteiger partial charge in [-0.25, -0.2) is 9.78 Å². The van der Waals surface area contributed by atoms with Crippen molar-refractivity contribution in [3.05, 3.63) is 97.1 Å². The van der Waals surface area contributed by atoms with E-state index in [-0.39, 0.29) is 27.9 Å². The van der Waals surface area contributed by atoms with Crippen LogP contribution in [-0.2, 0) is 17.2 Å². The Bertz CT molecular complexity index is 1850. The third kappa shape index (κ3) is 6.63. The number of anilines is 3. The van der Waals surface area contributed by atoms with Crippen LogP contribution in [0.1, 0.15) is 18.4 Å². The fraction of sp³-hybridized carbons (Fsp3) is 0.156. The fourth-order valence-corrected chi connectivity index (χ4v) is 6.54. The number of halogens is 3. The number of benzene rings is 2. The first-order valence-corrected chi connectivity index (χ1v) is 15.5. The van der Waals surface area contributed by atoms with Gasteiger partial charge in [-0.05, 0) is 55.0 Å². The second-order valence-corrected chi connectivity index (χ2v) is 12.0. The van der Waals surface area contributed by atoms with E-state index in [1.165, 1.54) is 18.5 Å². The average molecular weight is 632 g/mol. The molecule has 1 aliphatic heterocycles. The maximum atomic E-state index is 13.4. The van der Waals surface area contributed by atoms with Gasteiger partial charge in [-0.3, -0.25) is 14.7 Å². The highest BCUT2D eigenvalue weighted by Crippen LogP contribution is 2.42. The molecule has 2 N–H and O–H groups in total. The second kappa shape index (κ2) is 12.4. The molecule has 3 aromatic heterocycles. The minimum absolute atomic E-state index is 0.0256. The second-order valence-electron chi connectivity index (χ2n) is 10.2. The van der Waals surface area contributed by atoms with Crippen LogP contribution in [0.25, 0.3) is 21.6 Å². The molecule has 13 heteroatoms. The summed E-state index contributed by atoms with van der Waals surface area (Å²) in [6.07, 6.45) is 5.12. The predicted molar refractivity (Wildman–Crippen MR) is 166 cm³/mol. The Balaban J connectivity index is 1.10. The van der Waals surface area contributed by atoms with E-state index in [0.29, 0.717) is 35.5 Å². The zero-order chi connectivity index (χ0) is 31.6. The van der Waals surface area contributed by atoms with Crippen LogP contribution < -0.4 is 20.3 Å². The van der Waals surface area contributed by atoms with Crippen LogP contribution in [0, 0.1) is 0 Å². The van der Waals surface area contributed by atoms with Gasteiger partial charge < -0.3 is 15.4 Å². The summed E-state index contributed by atoms with van der Waals surface area (Å²) in [6.45, 7) is 0.706. The number of carbonyl (C=O) groups is 2. The lowest BCUT2D eigenvalue weighted by Gasteiger charge is -2.15. The molecule has 5 aromatic rings. The van der Waals surface area contributed by atoms with Crippen LogP contribution >= 0.6 is 10.5 Å². The van der Waals surface area contributed by atoms with Gasteiger partial charge in [0.05, 0.1) is 29.3 Å². The number of aromatic nitrogens is 3. The number of nitrogens with one attached hydrogen (secondary N) is 2. The number of hydrogen-bond donors (Lipinski definition) is 2. The van der Waals surface area contributed by atoms with Crippen molar-refractivity contribution in [1.29, 1.82) is 0 Å². The van der Waals surface area contributed by atoms with Gasteiger partial charge in [-0.2, -0.15) is 18.2 Å². The van der Waals surface area contributed by atoms with Crippen LogP contribution in [0.4, 0.5) is 34.5 Å². The molecule has 0 aliphatic carbocycles. The van der Waals surface area contributed by atoms with Crippen molar-refractivity contribution < 1.29 is 27.5 Å². The zero-order valence-electron chi connectivity index (χ0n) is 23.8. The van der Waals surface area contributed by atoms with E-state index in [0.717, 1.165) is 34.1 Å². The summed E-state index contributed by atoms with van der Waals surface area (Å²) in [7, 11) is -0.321. The number of thiazole rings is 1. The Hall–Kier alpha value is -5.30. The third-order valence-corrected chi connectivity index (χ3v) is 9.00. The van der Waals surface area contributed by atoms with Gasteiger partial charge in [0, 0.05) is 58.6 Å². The lowest BCUT2D eigenvalue weighted by atomic mass is 10.0. The van der Waals surface area contributed by atoms with Crippen molar-refractivity contribution >= 4 is 38.9 Å². The van der Waals surface area contributed by atoms with E-state index in [1.807, 2.05) is 30.5 Å². The Kier molecular flexibility index (Phi) is 8.18. The van der Waals surface area contributed by atoms with E-state index in [9.17, 15) is 22.8 Å². The number of hydrogen-bond acceptors (Lipinski definition) is 6. The maximum absolute atomic E-state index is 13.4. The van der Waals surface area contributed by atoms with Crippen LogP contribution in [0.3, 0.4) is 0 Å². The van der Waals surface area contributed by atoms with Gasteiger partial charge in [0.25, 0.3) is 0 Å². The lowest BCUT2D eigenvalue weighted by molar-refractivity contribution is -0.137. The van der Waals surface area contributed by atoms with Crippen molar-refractivity contribution in [2.45, 2.75) is 19.0 Å². The largest absolute Gasteiger partial charge is 0.439 e. The number of amides is 3. The van der Waals surface area contributed by atoms with E-state index in [4.69, 9.17) is 4.74 Å². The van der Waals surface area contributed by atoms with E-state index < -0.39 is 17.8 Å². The monoisotopic (exact) mass is 631 g/mol. The van der Waals surface area contributed by atoms with E-state index in [2.05, 4.69) is 31.8 Å². The van der Waals surface area contributed by atoms with E-state index in [1.54, 1.807) is 35.4 Å². The first kappa shape index (κ1) is 29.8. The molecule has 1 saturated heterocycles. The van der Waals surface area contributed by atoms with Gasteiger partial charge in [-0.1, -0.05) is 12.1 Å². The Labute approximate surface area is 258 Å². The molecule has 1 aliphatic rings. The minimum Gasteiger partial charge on any atom is -0.439 e. The molecule has 2 aromatic carbocycles. The summed E-state index contributed by atoms with van der Waals surface area (Å²) in [4.78, 5) is 40.5. The molecule has 3 amide bonds. The predicted octanol–water partition coefficient (Wildman–Crippen LogP) is 8.07. The molecular formula is C32H26F3N6O3S+. The first-order valence-electron chi connectivity index (χ1n) is 13.8. The molecule has 1 unspecified atom stereocenters. The first-order chi connectivity index (χ1) is 21.7. The highest BCUT2D eigenvalue weighted by atomic mass is 32.2. The summed E-state index contributed by atoms with van der Waals surface area (Å²) < 4.78 is 46.0. The molecule has 0 saturated carbocycles. The van der Waals surface area contributed by atoms with Gasteiger partial charge in [0.15, 0.2) is 0 Å². The Morgan fingerprint density at radius 2 is 1.78 bits per heavy atom. The molecule has 0 bridgehead atoms. The molecule has 1 fully saturated rings. The van der Waals surface area contributed by atoms with Crippen molar-refractivity contribution in [2.24, 2.45) is 6.26 Å². The number of alkyl halides is 3. The number of rotatable bonds is 7. The molecular weight excluding hydrogens is 605 g/mol. The summed E-state index contributed by atoms with van der Waals surface area (Å²) in [5.74, 6) is 0.938. The third-order valence-electron chi connectivity index (χ3n) is 7.12. The van der Waals surface area contributed by atoms with Crippen LogP contribution in [-0.4, -0.2) is 33.4 Å². The van der Waals surface area contributed by atoms with Gasteiger partial charge in [-0.15, -0.1) is 0 Å². The maximum Gasteiger partial charge on any atom is 0.416 e. The molecule has 6 rings (SSSR count). The molecule has 9 nitrogen and oxygen atoms in total. The highest BCUT2D eigenvalue weighted by Gasteiger charge is 2.33. The van der Waals surface area contributed by atoms with Gasteiger partial charge >= 0.3 is 17.3 Å². The summed E-state index contributed by atoms with van der Waals surface area (Å²) in [6, 6.07) is 16.3. The molecule has 0 radical (unpaired) electrons. The number of carbonyl (C=O) groups excluding carboxylic acids is 2.